The first-order valence-corrected chi connectivity index (χ1v) is 8.98. The van der Waals surface area contributed by atoms with Crippen molar-refractivity contribution in [3.05, 3.63) is 47.3 Å². The van der Waals surface area contributed by atoms with Crippen LogP contribution in [-0.4, -0.2) is 38.7 Å². The normalized spacial score (nSPS) is 17.2. The van der Waals surface area contributed by atoms with Crippen LogP contribution in [0.15, 0.2) is 35.3 Å². The number of primary amides is 1. The van der Waals surface area contributed by atoms with E-state index >= 15 is 0 Å². The molecule has 152 valence electrons. The number of furan rings is 1. The van der Waals surface area contributed by atoms with E-state index in [1.165, 1.54) is 29.7 Å². The van der Waals surface area contributed by atoms with Crippen LogP contribution in [0.3, 0.4) is 0 Å². The quantitative estimate of drug-likeness (QED) is 0.695. The summed E-state index contributed by atoms with van der Waals surface area (Å²) >= 11 is 6.26. The minimum Gasteiger partial charge on any atom is -0.472 e. The van der Waals surface area contributed by atoms with Crippen molar-refractivity contribution in [3.8, 4) is 11.1 Å². The van der Waals surface area contributed by atoms with Crippen LogP contribution in [-0.2, 0) is 11.0 Å². The van der Waals surface area contributed by atoms with Gasteiger partial charge < -0.3 is 15.1 Å². The van der Waals surface area contributed by atoms with Crippen LogP contribution in [0.1, 0.15) is 28.9 Å². The van der Waals surface area contributed by atoms with E-state index in [1.54, 1.807) is 0 Å². The summed E-state index contributed by atoms with van der Waals surface area (Å²) in [5.41, 5.74) is 3.99. The van der Waals surface area contributed by atoms with E-state index in [9.17, 15) is 22.8 Å². The number of carbonyl (C=O) groups is 2. The molecule has 1 fully saturated rings. The van der Waals surface area contributed by atoms with Gasteiger partial charge in [0.05, 0.1) is 18.1 Å². The molecule has 0 spiro atoms. The number of aromatic nitrogens is 2. The number of likely N-dealkylation sites (tertiary alicyclic amines) is 1. The van der Waals surface area contributed by atoms with Crippen LogP contribution in [0.2, 0.25) is 5.15 Å². The predicted molar refractivity (Wildman–Crippen MR) is 96.2 cm³/mol. The molecule has 11 heteroatoms. The fourth-order valence-corrected chi connectivity index (χ4v) is 3.74. The Kier molecular flexibility index (Phi) is 4.53. The van der Waals surface area contributed by atoms with Gasteiger partial charge in [0.1, 0.15) is 11.2 Å². The van der Waals surface area contributed by atoms with Gasteiger partial charge in [-0.15, -0.1) is 0 Å². The SMILES string of the molecule is NC(=O)C1CCCN1C(=O)c1nc2c(C(F)(F)F)cc(-c3ccoc3)cn2c1Cl. The summed E-state index contributed by atoms with van der Waals surface area (Å²) < 4.78 is 47.0. The summed E-state index contributed by atoms with van der Waals surface area (Å²) in [5.74, 6) is -1.42. The molecule has 2 amide bonds. The fraction of sp³-hybridized carbons (Fsp3) is 0.278. The molecule has 7 nitrogen and oxygen atoms in total. The summed E-state index contributed by atoms with van der Waals surface area (Å²) in [5, 5.41) is -0.282. The highest BCUT2D eigenvalue weighted by Crippen LogP contribution is 2.37. The predicted octanol–water partition coefficient (Wildman–Crippen LogP) is 3.36. The highest BCUT2D eigenvalue weighted by Gasteiger charge is 2.38. The van der Waals surface area contributed by atoms with Crippen LogP contribution in [0, 0.1) is 0 Å². The molecule has 0 radical (unpaired) electrons. The van der Waals surface area contributed by atoms with Crippen molar-refractivity contribution < 1.29 is 27.2 Å². The third-order valence-corrected chi connectivity index (χ3v) is 5.23. The number of pyridine rings is 1. The van der Waals surface area contributed by atoms with Gasteiger partial charge in [0.25, 0.3) is 5.91 Å². The molecular weight excluding hydrogens is 413 g/mol. The second-order valence-electron chi connectivity index (χ2n) is 6.66. The van der Waals surface area contributed by atoms with E-state index in [0.717, 1.165) is 10.5 Å². The highest BCUT2D eigenvalue weighted by molar-refractivity contribution is 6.33. The van der Waals surface area contributed by atoms with Gasteiger partial charge in [-0.1, -0.05) is 11.6 Å². The van der Waals surface area contributed by atoms with E-state index in [1.807, 2.05) is 0 Å². The number of nitrogens with two attached hydrogens (primary N) is 1. The molecule has 0 bridgehead atoms. The molecule has 0 saturated carbocycles. The zero-order chi connectivity index (χ0) is 20.9. The molecule has 29 heavy (non-hydrogen) atoms. The summed E-state index contributed by atoms with van der Waals surface area (Å²) in [4.78, 5) is 29.5. The maximum absolute atomic E-state index is 13.7. The fourth-order valence-electron chi connectivity index (χ4n) is 3.49. The summed E-state index contributed by atoms with van der Waals surface area (Å²) in [6.45, 7) is 0.239. The largest absolute Gasteiger partial charge is 0.472 e. The lowest BCUT2D eigenvalue weighted by molar-refractivity contribution is -0.136. The first-order chi connectivity index (χ1) is 13.7. The topological polar surface area (TPSA) is 93.8 Å². The van der Waals surface area contributed by atoms with E-state index in [2.05, 4.69) is 4.98 Å². The molecule has 4 heterocycles. The molecule has 3 aromatic heterocycles. The van der Waals surface area contributed by atoms with Crippen molar-refractivity contribution in [1.29, 1.82) is 0 Å². The molecule has 1 aliphatic heterocycles. The van der Waals surface area contributed by atoms with Crippen LogP contribution in [0.25, 0.3) is 16.8 Å². The van der Waals surface area contributed by atoms with Gasteiger partial charge in [-0.2, -0.15) is 13.2 Å². The minimum atomic E-state index is -4.74. The molecule has 0 aliphatic carbocycles. The Morgan fingerprint density at radius 1 is 1.31 bits per heavy atom. The van der Waals surface area contributed by atoms with Gasteiger partial charge in [-0.05, 0) is 25.0 Å². The number of carbonyl (C=O) groups excluding carboxylic acids is 2. The summed E-state index contributed by atoms with van der Waals surface area (Å²) in [6, 6.07) is 1.58. The molecular formula is C18H14ClF3N4O3. The summed E-state index contributed by atoms with van der Waals surface area (Å²) in [7, 11) is 0. The van der Waals surface area contributed by atoms with Crippen molar-refractivity contribution in [1.82, 2.24) is 14.3 Å². The van der Waals surface area contributed by atoms with E-state index in [4.69, 9.17) is 21.8 Å². The molecule has 4 rings (SSSR count). The molecule has 2 N–H and O–H groups in total. The number of imidazole rings is 1. The lowest BCUT2D eigenvalue weighted by Crippen LogP contribution is -2.43. The molecule has 0 aromatic carbocycles. The molecule has 1 atom stereocenters. The van der Waals surface area contributed by atoms with Crippen LogP contribution in [0.4, 0.5) is 13.2 Å². The average molecular weight is 427 g/mol. The number of amides is 2. The zero-order valence-corrected chi connectivity index (χ0v) is 15.5. The van der Waals surface area contributed by atoms with E-state index < -0.39 is 35.2 Å². The van der Waals surface area contributed by atoms with Crippen LogP contribution < -0.4 is 5.73 Å². The van der Waals surface area contributed by atoms with Crippen molar-refractivity contribution in [2.45, 2.75) is 25.1 Å². The second-order valence-corrected chi connectivity index (χ2v) is 7.01. The number of hydrogen-bond donors (Lipinski definition) is 1. The van der Waals surface area contributed by atoms with Gasteiger partial charge in [0, 0.05) is 23.9 Å². The third kappa shape index (κ3) is 3.23. The standard InChI is InChI=1S/C18H14ClF3N4O3/c19-14-13(17(28)25-4-1-2-12(25)15(23)27)24-16-11(18(20,21)22)6-10(7-26(14)16)9-3-5-29-8-9/h3,5-8,12H,1-2,4H2,(H2,23,27). The number of rotatable bonds is 3. The minimum absolute atomic E-state index is 0.188. The number of alkyl halides is 3. The lowest BCUT2D eigenvalue weighted by Gasteiger charge is -2.21. The number of fused-ring (bicyclic) bond motifs is 1. The van der Waals surface area contributed by atoms with Crippen LogP contribution >= 0.6 is 11.6 Å². The smallest absolute Gasteiger partial charge is 0.420 e. The molecule has 1 saturated heterocycles. The summed E-state index contributed by atoms with van der Waals surface area (Å²) in [6.07, 6.45) is 0.151. The Morgan fingerprint density at radius 3 is 2.69 bits per heavy atom. The van der Waals surface area contributed by atoms with Gasteiger partial charge in [-0.25, -0.2) is 4.98 Å². The Labute approximate surface area is 166 Å². The second kappa shape index (κ2) is 6.80. The van der Waals surface area contributed by atoms with Crippen molar-refractivity contribution in [2.24, 2.45) is 5.73 Å². The molecule has 1 aliphatic rings. The van der Waals surface area contributed by atoms with Gasteiger partial charge >= 0.3 is 6.18 Å². The van der Waals surface area contributed by atoms with E-state index in [0.29, 0.717) is 18.4 Å². The van der Waals surface area contributed by atoms with Gasteiger partial charge in [0.15, 0.2) is 11.3 Å². The number of nitrogens with zero attached hydrogens (tertiary/aromatic N) is 3. The highest BCUT2D eigenvalue weighted by atomic mass is 35.5. The van der Waals surface area contributed by atoms with Crippen molar-refractivity contribution >= 4 is 29.1 Å². The van der Waals surface area contributed by atoms with Crippen LogP contribution in [0.5, 0.6) is 0 Å². The average Bonchev–Trinajstić information content (AvgIpc) is 3.40. The van der Waals surface area contributed by atoms with Crippen molar-refractivity contribution in [3.63, 3.8) is 0 Å². The first kappa shape index (κ1) is 19.3. The Balaban J connectivity index is 1.88. The van der Waals surface area contributed by atoms with E-state index in [-0.39, 0.29) is 23.0 Å². The molecule has 3 aromatic rings. The Morgan fingerprint density at radius 2 is 2.07 bits per heavy atom. The van der Waals surface area contributed by atoms with Crippen molar-refractivity contribution in [2.75, 3.05) is 6.54 Å². The monoisotopic (exact) mass is 426 g/mol. The number of halogens is 4. The maximum atomic E-state index is 13.7. The van der Waals surface area contributed by atoms with Gasteiger partial charge in [-0.3, -0.25) is 14.0 Å². The molecule has 1 unspecified atom stereocenters. The first-order valence-electron chi connectivity index (χ1n) is 8.60. The third-order valence-electron chi connectivity index (χ3n) is 4.87. The van der Waals surface area contributed by atoms with Gasteiger partial charge in [0.2, 0.25) is 5.91 Å². The number of hydrogen-bond acceptors (Lipinski definition) is 4. The lowest BCUT2D eigenvalue weighted by atomic mass is 10.1. The maximum Gasteiger partial charge on any atom is 0.420 e. The Hall–Kier alpha value is -3.01. The zero-order valence-electron chi connectivity index (χ0n) is 14.7. The Bertz CT molecular complexity index is 1110.